The highest BCUT2D eigenvalue weighted by atomic mass is 19.1. The van der Waals surface area contributed by atoms with E-state index in [1.165, 1.54) is 6.07 Å². The Morgan fingerprint density at radius 1 is 0.852 bits per heavy atom. The fraction of sp³-hybridized carbons (Fsp3) is 0.182. The predicted molar refractivity (Wildman–Crippen MR) is 105 cm³/mol. The lowest BCUT2D eigenvalue weighted by molar-refractivity contribution is 0.289. The quantitative estimate of drug-likeness (QED) is 0.619. The van der Waals surface area contributed by atoms with E-state index in [2.05, 4.69) is 0 Å². The summed E-state index contributed by atoms with van der Waals surface area (Å²) in [5, 5.41) is 19.1. The number of fused-ring (bicyclic) bond motifs is 3. The van der Waals surface area contributed by atoms with Gasteiger partial charge in [0.1, 0.15) is 11.7 Å². The van der Waals surface area contributed by atoms with Crippen molar-refractivity contribution in [2.45, 2.75) is 12.8 Å². The molecule has 0 atom stereocenters. The van der Waals surface area contributed by atoms with Gasteiger partial charge in [-0.25, -0.2) is 4.39 Å². The molecule has 2 N–H and O–H groups in total. The van der Waals surface area contributed by atoms with Crippen LogP contribution in [0, 0.1) is 16.6 Å². The lowest BCUT2D eigenvalue weighted by Gasteiger charge is -2.18. The summed E-state index contributed by atoms with van der Waals surface area (Å²) in [6, 6.07) is 18.3. The molecule has 4 nitrogen and oxygen atoms in total. The summed E-state index contributed by atoms with van der Waals surface area (Å²) in [6.45, 7) is 0.979. The van der Waals surface area contributed by atoms with Crippen molar-refractivity contribution in [2.75, 3.05) is 13.2 Å². The predicted octanol–water partition coefficient (Wildman–Crippen LogP) is 4.80. The van der Waals surface area contributed by atoms with Gasteiger partial charge in [0.15, 0.2) is 11.6 Å². The zero-order chi connectivity index (χ0) is 18.8. The van der Waals surface area contributed by atoms with E-state index in [9.17, 15) is 4.39 Å². The van der Waals surface area contributed by atoms with Crippen LogP contribution in [-0.2, 0) is 0 Å². The first-order valence-electron chi connectivity index (χ1n) is 9.01. The van der Waals surface area contributed by atoms with Crippen LogP contribution in [0.15, 0.2) is 60.7 Å². The van der Waals surface area contributed by atoms with Crippen LogP contribution in [0.25, 0.3) is 10.8 Å². The second-order valence-corrected chi connectivity index (χ2v) is 6.54. The van der Waals surface area contributed by atoms with Gasteiger partial charge >= 0.3 is 0 Å². The Morgan fingerprint density at radius 3 is 2.48 bits per heavy atom. The van der Waals surface area contributed by atoms with Crippen molar-refractivity contribution in [3.63, 3.8) is 0 Å². The van der Waals surface area contributed by atoms with Crippen molar-refractivity contribution >= 4 is 22.4 Å². The van der Waals surface area contributed by atoms with Crippen molar-refractivity contribution < 1.29 is 9.13 Å². The lowest BCUT2D eigenvalue weighted by atomic mass is 10.0. The Balaban J connectivity index is 1.39. The first-order valence-corrected chi connectivity index (χ1v) is 9.01. The third kappa shape index (κ3) is 3.16. The van der Waals surface area contributed by atoms with Gasteiger partial charge < -0.3 is 9.64 Å². The number of hydrogen-bond acceptors (Lipinski definition) is 3. The molecule has 0 saturated heterocycles. The molecule has 0 unspecified atom stereocenters. The number of nitrogens with one attached hydrogen (secondary N) is 2. The molecular formula is C22H20FN3O. The number of halogens is 1. The third-order valence-electron chi connectivity index (χ3n) is 4.83. The summed E-state index contributed by atoms with van der Waals surface area (Å²) in [4.78, 5) is 1.74. The number of benzene rings is 3. The summed E-state index contributed by atoms with van der Waals surface area (Å²) in [5.74, 6) is 0.651. The zero-order valence-corrected chi connectivity index (χ0v) is 14.8. The van der Waals surface area contributed by atoms with E-state index in [-0.39, 0.29) is 11.6 Å². The van der Waals surface area contributed by atoms with Gasteiger partial charge in [0, 0.05) is 17.7 Å². The monoisotopic (exact) mass is 361 g/mol. The van der Waals surface area contributed by atoms with E-state index in [1.54, 1.807) is 23.1 Å². The maximum Gasteiger partial charge on any atom is 0.165 e. The Bertz CT molecular complexity index is 1030. The molecule has 0 aliphatic carbocycles. The molecule has 27 heavy (non-hydrogen) atoms. The van der Waals surface area contributed by atoms with Gasteiger partial charge in [-0.1, -0.05) is 42.5 Å². The molecule has 0 fully saturated rings. The number of unbranched alkanes of at least 4 members (excludes halogenated alkanes) is 1. The molecule has 0 amide bonds. The van der Waals surface area contributed by atoms with Gasteiger partial charge in [0.2, 0.25) is 0 Å². The first kappa shape index (κ1) is 17.2. The van der Waals surface area contributed by atoms with Crippen LogP contribution in [0.5, 0.6) is 5.75 Å². The van der Waals surface area contributed by atoms with E-state index in [4.69, 9.17) is 15.6 Å². The minimum atomic E-state index is -0.358. The summed E-state index contributed by atoms with van der Waals surface area (Å²) >= 11 is 0. The number of hydrogen-bond donors (Lipinski definition) is 2. The fourth-order valence-corrected chi connectivity index (χ4v) is 3.46. The highest BCUT2D eigenvalue weighted by molar-refractivity contribution is 6.28. The topological polar surface area (TPSA) is 60.2 Å². The number of rotatable bonds is 6. The van der Waals surface area contributed by atoms with E-state index >= 15 is 0 Å². The van der Waals surface area contributed by atoms with Gasteiger partial charge in [0.25, 0.3) is 0 Å². The fourth-order valence-electron chi connectivity index (χ4n) is 3.46. The van der Waals surface area contributed by atoms with Crippen LogP contribution in [0.2, 0.25) is 0 Å². The minimum Gasteiger partial charge on any atom is -0.491 e. The van der Waals surface area contributed by atoms with E-state index < -0.39 is 0 Å². The smallest absolute Gasteiger partial charge is 0.165 e. The molecule has 0 radical (unpaired) electrons. The Kier molecular flexibility index (Phi) is 4.59. The zero-order valence-electron chi connectivity index (χ0n) is 14.8. The van der Waals surface area contributed by atoms with Crippen LogP contribution < -0.4 is 4.74 Å². The molecule has 5 heteroatoms. The molecule has 3 aromatic carbocycles. The SMILES string of the molecule is N=C1c2ccc3ccccc3c2C(=N)N1CCCCOc1ccccc1F. The molecule has 4 rings (SSSR count). The molecule has 1 heterocycles. The van der Waals surface area contributed by atoms with E-state index in [1.807, 2.05) is 36.4 Å². The molecule has 1 aliphatic heterocycles. The van der Waals surface area contributed by atoms with Crippen LogP contribution in [-0.4, -0.2) is 29.7 Å². The van der Waals surface area contributed by atoms with Crippen LogP contribution in [0.1, 0.15) is 24.0 Å². The number of nitrogens with zero attached hydrogens (tertiary/aromatic N) is 1. The standard InChI is InChI=1S/C22H20FN3O/c23-18-9-3-4-10-19(18)27-14-6-5-13-26-21(24)17-12-11-15-7-1-2-8-16(15)20(17)22(26)25/h1-4,7-12,24-25H,5-6,13-14H2. The van der Waals surface area contributed by atoms with Crippen molar-refractivity contribution in [1.29, 1.82) is 10.8 Å². The largest absolute Gasteiger partial charge is 0.491 e. The maximum atomic E-state index is 13.5. The van der Waals surface area contributed by atoms with Gasteiger partial charge in [-0.2, -0.15) is 0 Å². The third-order valence-corrected chi connectivity index (χ3v) is 4.83. The second kappa shape index (κ2) is 7.19. The normalized spacial score (nSPS) is 13.3. The molecule has 1 aliphatic rings. The number of ether oxygens (including phenoxy) is 1. The summed E-state index contributed by atoms with van der Waals surface area (Å²) in [7, 11) is 0. The average molecular weight is 361 g/mol. The van der Waals surface area contributed by atoms with Crippen molar-refractivity contribution in [1.82, 2.24) is 4.90 Å². The van der Waals surface area contributed by atoms with Crippen molar-refractivity contribution in [2.24, 2.45) is 0 Å². The molecule has 0 bridgehead atoms. The minimum absolute atomic E-state index is 0.262. The number of para-hydroxylation sites is 1. The first-order chi connectivity index (χ1) is 13.2. The van der Waals surface area contributed by atoms with E-state index in [0.29, 0.717) is 24.8 Å². The van der Waals surface area contributed by atoms with Gasteiger partial charge in [-0.05, 0) is 41.8 Å². The van der Waals surface area contributed by atoms with Crippen LogP contribution in [0.3, 0.4) is 0 Å². The molecule has 0 aromatic heterocycles. The Labute approximate surface area is 157 Å². The highest BCUT2D eigenvalue weighted by Gasteiger charge is 2.30. The molecule has 3 aromatic rings. The summed E-state index contributed by atoms with van der Waals surface area (Å²) in [5.41, 5.74) is 1.64. The summed E-state index contributed by atoms with van der Waals surface area (Å²) < 4.78 is 19.0. The van der Waals surface area contributed by atoms with E-state index in [0.717, 1.165) is 34.7 Å². The van der Waals surface area contributed by atoms with Crippen LogP contribution >= 0.6 is 0 Å². The van der Waals surface area contributed by atoms with Crippen molar-refractivity contribution in [3.8, 4) is 5.75 Å². The van der Waals surface area contributed by atoms with Crippen molar-refractivity contribution in [3.05, 3.63) is 77.6 Å². The Hall–Kier alpha value is -3.21. The average Bonchev–Trinajstić information content (AvgIpc) is 2.94. The lowest BCUT2D eigenvalue weighted by Crippen LogP contribution is -2.31. The van der Waals surface area contributed by atoms with Gasteiger partial charge in [-0.3, -0.25) is 10.8 Å². The Morgan fingerprint density at radius 2 is 1.63 bits per heavy atom. The molecular weight excluding hydrogens is 341 g/mol. The van der Waals surface area contributed by atoms with Gasteiger partial charge in [0.05, 0.1) is 6.61 Å². The maximum absolute atomic E-state index is 13.5. The molecule has 0 saturated carbocycles. The second-order valence-electron chi connectivity index (χ2n) is 6.54. The highest BCUT2D eigenvalue weighted by Crippen LogP contribution is 2.30. The number of amidine groups is 2. The van der Waals surface area contributed by atoms with Crippen LogP contribution in [0.4, 0.5) is 4.39 Å². The van der Waals surface area contributed by atoms with Gasteiger partial charge in [-0.15, -0.1) is 0 Å². The summed E-state index contributed by atoms with van der Waals surface area (Å²) in [6.07, 6.45) is 1.48. The molecule has 0 spiro atoms. The molecule has 136 valence electrons.